The maximum Gasteiger partial charge on any atom is 0.0483 e. The summed E-state index contributed by atoms with van der Waals surface area (Å²) in [6.45, 7) is 10.3. The molecule has 0 amide bonds. The number of hydrogen-bond acceptors (Lipinski definition) is 3. The van der Waals surface area contributed by atoms with E-state index in [1.54, 1.807) is 41.5 Å². The van der Waals surface area contributed by atoms with E-state index in [1.807, 2.05) is 0 Å². The average molecular weight is 307 g/mol. The molecule has 0 heterocycles. The molecular weight excluding hydrogens is 283 g/mol. The van der Waals surface area contributed by atoms with E-state index < -0.39 is 0 Å². The third-order valence-corrected chi connectivity index (χ3v) is 0. The summed E-state index contributed by atoms with van der Waals surface area (Å²) in [5, 5.41) is 24.2. The van der Waals surface area contributed by atoms with Crippen LogP contribution in [0.1, 0.15) is 41.5 Å². The molecule has 0 rings (SSSR count). The average Bonchev–Trinajstić information content (AvgIpc) is 1.54. The largest absolute Gasteiger partial charge is 1.00 e. The molecule has 3 nitrogen and oxygen atoms in total. The fourth-order valence-electron chi connectivity index (χ4n) is 0. The van der Waals surface area contributed by atoms with E-state index in [4.69, 9.17) is 15.3 Å². The van der Waals surface area contributed by atoms with Crippen molar-refractivity contribution >= 4 is 0 Å². The number of halogens is 1. The van der Waals surface area contributed by atoms with E-state index in [1.165, 1.54) is 0 Å². The number of aliphatic hydroxyl groups is 3. The number of rotatable bonds is 0. The molecule has 0 aromatic carbocycles. The van der Waals surface area contributed by atoms with Gasteiger partial charge in [-0.05, 0) is 41.5 Å². The van der Waals surface area contributed by atoms with Gasteiger partial charge in [-0.25, -0.2) is 0 Å². The molecular formula is C9H24ClO3Zr-. The maximum atomic E-state index is 8.06. The second-order valence-corrected chi connectivity index (χ2v) is 3.28. The molecule has 5 heteroatoms. The van der Waals surface area contributed by atoms with Gasteiger partial charge >= 0.3 is 0 Å². The first-order valence-corrected chi connectivity index (χ1v) is 4.24. The minimum absolute atomic E-state index is 0. The summed E-state index contributed by atoms with van der Waals surface area (Å²) in [5.74, 6) is 0. The van der Waals surface area contributed by atoms with Gasteiger partial charge in [0.25, 0.3) is 0 Å². The molecule has 0 aromatic heterocycles. The predicted molar refractivity (Wildman–Crippen MR) is 52.1 cm³/mol. The summed E-state index contributed by atoms with van der Waals surface area (Å²) in [6, 6.07) is 0. The first kappa shape index (κ1) is 29.4. The van der Waals surface area contributed by atoms with Gasteiger partial charge < -0.3 is 27.7 Å². The van der Waals surface area contributed by atoms with Crippen molar-refractivity contribution in [2.24, 2.45) is 0 Å². The molecule has 0 aliphatic heterocycles. The Morgan fingerprint density at radius 3 is 0.571 bits per heavy atom. The van der Waals surface area contributed by atoms with Gasteiger partial charge in [0.15, 0.2) is 0 Å². The van der Waals surface area contributed by atoms with Crippen molar-refractivity contribution in [1.29, 1.82) is 0 Å². The topological polar surface area (TPSA) is 60.7 Å². The summed E-state index contributed by atoms with van der Waals surface area (Å²) in [7, 11) is 0. The molecule has 0 saturated carbocycles. The van der Waals surface area contributed by atoms with Crippen LogP contribution in [0.25, 0.3) is 0 Å². The molecule has 0 spiro atoms. The standard InChI is InChI=1S/3C3H8O.ClH.Zr/c3*1-3(2)4;;/h3*3-4H,1-2H3;1H;/p-1. The van der Waals surface area contributed by atoms with E-state index in [0.717, 1.165) is 0 Å². The second-order valence-electron chi connectivity index (χ2n) is 3.28. The molecule has 0 aliphatic rings. The van der Waals surface area contributed by atoms with Crippen molar-refractivity contribution in [2.75, 3.05) is 0 Å². The first-order chi connectivity index (χ1) is 5.20. The van der Waals surface area contributed by atoms with Crippen LogP contribution < -0.4 is 12.4 Å². The Labute approximate surface area is 113 Å². The third-order valence-electron chi connectivity index (χ3n) is 0. The molecule has 0 unspecified atom stereocenters. The zero-order valence-electron chi connectivity index (χ0n) is 9.95. The van der Waals surface area contributed by atoms with Crippen LogP contribution in [-0.2, 0) is 26.2 Å². The Kier molecular flexibility index (Phi) is 49.8. The van der Waals surface area contributed by atoms with E-state index in [0.29, 0.717) is 0 Å². The van der Waals surface area contributed by atoms with Crippen molar-refractivity contribution in [3.63, 3.8) is 0 Å². The maximum absolute atomic E-state index is 8.06. The zero-order chi connectivity index (χ0) is 10.7. The van der Waals surface area contributed by atoms with Crippen LogP contribution >= 0.6 is 0 Å². The van der Waals surface area contributed by atoms with Crippen molar-refractivity contribution in [2.45, 2.75) is 59.9 Å². The Morgan fingerprint density at radius 1 is 0.571 bits per heavy atom. The molecule has 0 saturated heterocycles. The molecule has 0 bridgehead atoms. The smallest absolute Gasteiger partial charge is 0.0483 e. The van der Waals surface area contributed by atoms with Gasteiger partial charge in [-0.15, -0.1) is 0 Å². The molecule has 14 heavy (non-hydrogen) atoms. The zero-order valence-corrected chi connectivity index (χ0v) is 13.2. The normalized spacial score (nSPS) is 7.71. The quantitative estimate of drug-likeness (QED) is 0.493. The van der Waals surface area contributed by atoms with Gasteiger partial charge in [0.1, 0.15) is 0 Å². The van der Waals surface area contributed by atoms with Gasteiger partial charge in [0.05, 0.1) is 0 Å². The van der Waals surface area contributed by atoms with Crippen LogP contribution in [0, 0.1) is 0 Å². The first-order valence-electron chi connectivity index (χ1n) is 4.24. The number of aliphatic hydroxyl groups excluding tert-OH is 3. The van der Waals surface area contributed by atoms with Gasteiger partial charge in [0.2, 0.25) is 0 Å². The minimum Gasteiger partial charge on any atom is -1.00 e. The van der Waals surface area contributed by atoms with Crippen LogP contribution in [0.4, 0.5) is 0 Å². The van der Waals surface area contributed by atoms with Gasteiger partial charge in [-0.3, -0.25) is 0 Å². The number of hydrogen-bond donors (Lipinski definition) is 3. The third kappa shape index (κ3) is 1710. The van der Waals surface area contributed by atoms with Crippen molar-refractivity contribution in [3.8, 4) is 0 Å². The fourth-order valence-corrected chi connectivity index (χ4v) is 0. The van der Waals surface area contributed by atoms with Gasteiger partial charge in [-0.1, -0.05) is 0 Å². The molecule has 0 aliphatic carbocycles. The molecule has 0 aromatic rings. The Balaban J connectivity index is -0.0000000270. The summed E-state index contributed by atoms with van der Waals surface area (Å²) in [4.78, 5) is 0. The van der Waals surface area contributed by atoms with Crippen molar-refractivity contribution < 1.29 is 53.9 Å². The SMILES string of the molecule is CC(C)O.CC(C)O.CC(C)O.[Cl-].[Zr]. The minimum atomic E-state index is -0.167. The van der Waals surface area contributed by atoms with E-state index in [2.05, 4.69) is 0 Å². The molecule has 0 atom stereocenters. The molecule has 90 valence electrons. The molecule has 0 radical (unpaired) electrons. The predicted octanol–water partition coefficient (Wildman–Crippen LogP) is -1.84. The summed E-state index contributed by atoms with van der Waals surface area (Å²) in [6.07, 6.45) is -0.500. The van der Waals surface area contributed by atoms with Crippen LogP contribution in [0.5, 0.6) is 0 Å². The molecule has 0 fully saturated rings. The van der Waals surface area contributed by atoms with Gasteiger partial charge in [-0.2, -0.15) is 0 Å². The summed E-state index contributed by atoms with van der Waals surface area (Å²) >= 11 is 0. The Bertz CT molecular complexity index is 48.5. The van der Waals surface area contributed by atoms with E-state index >= 15 is 0 Å². The van der Waals surface area contributed by atoms with E-state index in [9.17, 15) is 0 Å². The fraction of sp³-hybridized carbons (Fsp3) is 1.00. The Hall–Kier alpha value is 1.05. The van der Waals surface area contributed by atoms with Gasteiger partial charge in [0, 0.05) is 44.5 Å². The monoisotopic (exact) mass is 305 g/mol. The van der Waals surface area contributed by atoms with Crippen LogP contribution in [0.15, 0.2) is 0 Å². The van der Waals surface area contributed by atoms with Crippen LogP contribution in [0.3, 0.4) is 0 Å². The Morgan fingerprint density at radius 2 is 0.571 bits per heavy atom. The van der Waals surface area contributed by atoms with Crippen molar-refractivity contribution in [1.82, 2.24) is 0 Å². The van der Waals surface area contributed by atoms with Crippen LogP contribution in [0.2, 0.25) is 0 Å². The summed E-state index contributed by atoms with van der Waals surface area (Å²) < 4.78 is 0. The van der Waals surface area contributed by atoms with Crippen LogP contribution in [-0.4, -0.2) is 33.6 Å². The second kappa shape index (κ2) is 23.7. The van der Waals surface area contributed by atoms with E-state index in [-0.39, 0.29) is 56.9 Å². The summed E-state index contributed by atoms with van der Waals surface area (Å²) in [5.41, 5.74) is 0. The molecule has 3 N–H and O–H groups in total. The van der Waals surface area contributed by atoms with Crippen molar-refractivity contribution in [3.05, 3.63) is 0 Å².